The number of hydrogen-bond donors (Lipinski definition) is 1. The molecule has 5 rings (SSSR count). The Morgan fingerprint density at radius 2 is 1.97 bits per heavy atom. The minimum atomic E-state index is -0.0542. The number of carbonyl (C=O) groups excluding carboxylic acids is 1. The highest BCUT2D eigenvalue weighted by molar-refractivity contribution is 5.96. The third-order valence-corrected chi connectivity index (χ3v) is 6.13. The number of nitrogens with zero attached hydrogens (tertiary/aromatic N) is 5. The van der Waals surface area contributed by atoms with E-state index in [0.717, 1.165) is 36.1 Å². The molecule has 0 saturated carbocycles. The highest BCUT2D eigenvalue weighted by Gasteiger charge is 2.27. The summed E-state index contributed by atoms with van der Waals surface area (Å²) in [5, 5.41) is 4.44. The Morgan fingerprint density at radius 3 is 2.76 bits per heavy atom. The number of rotatable bonds is 5. The summed E-state index contributed by atoms with van der Waals surface area (Å²) in [6.07, 6.45) is 6.60. The molecule has 1 aliphatic rings. The zero-order chi connectivity index (χ0) is 22.8. The van der Waals surface area contributed by atoms with Crippen molar-refractivity contribution >= 4 is 11.6 Å². The van der Waals surface area contributed by atoms with E-state index in [1.54, 1.807) is 30.0 Å². The number of piperidine rings is 1. The van der Waals surface area contributed by atoms with Crippen LogP contribution in [0.15, 0.2) is 60.9 Å². The summed E-state index contributed by atoms with van der Waals surface area (Å²) < 4.78 is 7.14. The molecule has 0 aliphatic carbocycles. The van der Waals surface area contributed by atoms with Crippen molar-refractivity contribution in [2.75, 3.05) is 20.2 Å². The number of aromatic nitrogens is 4. The van der Waals surface area contributed by atoms with E-state index in [9.17, 15) is 4.79 Å². The van der Waals surface area contributed by atoms with Gasteiger partial charge in [0.2, 0.25) is 5.88 Å². The van der Waals surface area contributed by atoms with Gasteiger partial charge in [0.15, 0.2) is 5.65 Å². The van der Waals surface area contributed by atoms with Crippen LogP contribution in [0.4, 0.5) is 0 Å². The number of amides is 1. The van der Waals surface area contributed by atoms with Crippen molar-refractivity contribution in [3.8, 4) is 28.4 Å². The summed E-state index contributed by atoms with van der Waals surface area (Å²) in [6.45, 7) is 1.17. The van der Waals surface area contributed by atoms with Crippen LogP contribution in [0.3, 0.4) is 0 Å². The van der Waals surface area contributed by atoms with Crippen molar-refractivity contribution in [3.63, 3.8) is 0 Å². The standard InChI is InChI=1S/C25H26N6O2/c1-33-23-14-18(25(32)30-11-6-5-9-19(30)15-26)13-22(28-23)20-16-27-31-12-10-21(29-24(20)31)17-7-3-2-4-8-17/h2-4,7-8,10,12-14,16,19H,5-6,9,11,15,26H2,1H3/t19-/m1/s1. The van der Waals surface area contributed by atoms with Gasteiger partial charge in [0.25, 0.3) is 5.91 Å². The first-order valence-electron chi connectivity index (χ1n) is 11.1. The average molecular weight is 443 g/mol. The van der Waals surface area contributed by atoms with Crippen LogP contribution < -0.4 is 10.5 Å². The molecule has 1 saturated heterocycles. The molecule has 1 amide bonds. The first kappa shape index (κ1) is 21.1. The van der Waals surface area contributed by atoms with E-state index in [2.05, 4.69) is 10.1 Å². The van der Waals surface area contributed by atoms with Crippen LogP contribution in [0.5, 0.6) is 5.88 Å². The van der Waals surface area contributed by atoms with Gasteiger partial charge >= 0.3 is 0 Å². The predicted octanol–water partition coefficient (Wildman–Crippen LogP) is 3.42. The molecule has 0 radical (unpaired) electrons. The molecule has 33 heavy (non-hydrogen) atoms. The van der Waals surface area contributed by atoms with Gasteiger partial charge in [0.1, 0.15) is 0 Å². The molecule has 1 fully saturated rings. The molecule has 168 valence electrons. The zero-order valence-corrected chi connectivity index (χ0v) is 18.5. The molecule has 1 aliphatic heterocycles. The summed E-state index contributed by atoms with van der Waals surface area (Å²) >= 11 is 0. The Labute approximate surface area is 192 Å². The first-order valence-corrected chi connectivity index (χ1v) is 11.1. The second-order valence-corrected chi connectivity index (χ2v) is 8.17. The van der Waals surface area contributed by atoms with Crippen LogP contribution in [-0.4, -0.2) is 56.6 Å². The number of hydrogen-bond acceptors (Lipinski definition) is 6. The largest absolute Gasteiger partial charge is 0.481 e. The minimum Gasteiger partial charge on any atom is -0.481 e. The van der Waals surface area contributed by atoms with Crippen LogP contribution in [0, 0.1) is 0 Å². The number of methoxy groups -OCH3 is 1. The van der Waals surface area contributed by atoms with E-state index >= 15 is 0 Å². The van der Waals surface area contributed by atoms with Crippen LogP contribution >= 0.6 is 0 Å². The van der Waals surface area contributed by atoms with E-state index in [0.29, 0.717) is 35.9 Å². The molecule has 4 aromatic rings. The quantitative estimate of drug-likeness (QED) is 0.509. The predicted molar refractivity (Wildman–Crippen MR) is 126 cm³/mol. The van der Waals surface area contributed by atoms with Crippen molar-refractivity contribution in [1.29, 1.82) is 0 Å². The molecule has 4 heterocycles. The fourth-order valence-corrected chi connectivity index (χ4v) is 4.37. The molecule has 1 aromatic carbocycles. The minimum absolute atomic E-state index is 0.0542. The third-order valence-electron chi connectivity index (χ3n) is 6.13. The highest BCUT2D eigenvalue weighted by atomic mass is 16.5. The number of carbonyl (C=O) groups is 1. The van der Waals surface area contributed by atoms with Crippen LogP contribution in [0.1, 0.15) is 29.6 Å². The summed E-state index contributed by atoms with van der Waals surface area (Å²) in [7, 11) is 1.55. The lowest BCUT2D eigenvalue weighted by atomic mass is 10.0. The maximum atomic E-state index is 13.4. The monoisotopic (exact) mass is 442 g/mol. The second kappa shape index (κ2) is 8.99. The van der Waals surface area contributed by atoms with Crippen molar-refractivity contribution in [1.82, 2.24) is 24.5 Å². The Balaban J connectivity index is 1.57. The second-order valence-electron chi connectivity index (χ2n) is 8.17. The van der Waals surface area contributed by atoms with E-state index in [-0.39, 0.29) is 11.9 Å². The number of ether oxygens (including phenoxy) is 1. The summed E-state index contributed by atoms with van der Waals surface area (Å²) in [4.78, 5) is 24.7. The van der Waals surface area contributed by atoms with Crippen LogP contribution in [0.25, 0.3) is 28.2 Å². The van der Waals surface area contributed by atoms with Gasteiger partial charge < -0.3 is 15.4 Å². The van der Waals surface area contributed by atoms with Crippen molar-refractivity contribution in [3.05, 3.63) is 66.5 Å². The average Bonchev–Trinajstić information content (AvgIpc) is 3.31. The van der Waals surface area contributed by atoms with Crippen molar-refractivity contribution in [2.24, 2.45) is 5.73 Å². The number of nitrogens with two attached hydrogens (primary N) is 1. The highest BCUT2D eigenvalue weighted by Crippen LogP contribution is 2.28. The Morgan fingerprint density at radius 1 is 1.12 bits per heavy atom. The molecule has 2 N–H and O–H groups in total. The van der Waals surface area contributed by atoms with E-state index in [1.165, 1.54) is 0 Å². The molecule has 0 unspecified atom stereocenters. The molecular formula is C25H26N6O2. The lowest BCUT2D eigenvalue weighted by Crippen LogP contribution is -2.47. The number of pyridine rings is 1. The van der Waals surface area contributed by atoms with Gasteiger partial charge in [0.05, 0.1) is 30.3 Å². The summed E-state index contributed by atoms with van der Waals surface area (Å²) in [5.41, 5.74) is 10.3. The number of fused-ring (bicyclic) bond motifs is 1. The maximum Gasteiger partial charge on any atom is 0.254 e. The van der Waals surface area contributed by atoms with Gasteiger partial charge in [-0.25, -0.2) is 14.5 Å². The molecule has 0 bridgehead atoms. The zero-order valence-electron chi connectivity index (χ0n) is 18.5. The van der Waals surface area contributed by atoms with Crippen molar-refractivity contribution < 1.29 is 9.53 Å². The summed E-state index contributed by atoms with van der Waals surface area (Å²) in [5.74, 6) is 0.317. The lowest BCUT2D eigenvalue weighted by molar-refractivity contribution is 0.0623. The Bertz CT molecular complexity index is 1290. The van der Waals surface area contributed by atoms with E-state index in [4.69, 9.17) is 15.5 Å². The van der Waals surface area contributed by atoms with E-state index < -0.39 is 0 Å². The molecule has 8 heteroatoms. The summed E-state index contributed by atoms with van der Waals surface area (Å²) in [6, 6.07) is 15.4. The molecule has 1 atom stereocenters. The Hall–Kier alpha value is -3.78. The molecule has 0 spiro atoms. The number of benzene rings is 1. The molecule has 3 aromatic heterocycles. The van der Waals surface area contributed by atoms with Gasteiger partial charge in [-0.05, 0) is 31.4 Å². The third kappa shape index (κ3) is 4.05. The van der Waals surface area contributed by atoms with Gasteiger partial charge in [-0.2, -0.15) is 5.10 Å². The van der Waals surface area contributed by atoms with Gasteiger partial charge in [-0.3, -0.25) is 4.79 Å². The lowest BCUT2D eigenvalue weighted by Gasteiger charge is -2.35. The van der Waals surface area contributed by atoms with Gasteiger partial charge in [-0.1, -0.05) is 30.3 Å². The first-order chi connectivity index (χ1) is 16.2. The van der Waals surface area contributed by atoms with Crippen LogP contribution in [-0.2, 0) is 0 Å². The Kier molecular flexibility index (Phi) is 5.75. The molecule has 8 nitrogen and oxygen atoms in total. The number of likely N-dealkylation sites (tertiary alicyclic amines) is 1. The van der Waals surface area contributed by atoms with Crippen molar-refractivity contribution in [2.45, 2.75) is 25.3 Å². The van der Waals surface area contributed by atoms with Crippen LogP contribution in [0.2, 0.25) is 0 Å². The normalized spacial score (nSPS) is 16.2. The van der Waals surface area contributed by atoms with Gasteiger partial charge in [-0.15, -0.1) is 0 Å². The van der Waals surface area contributed by atoms with E-state index in [1.807, 2.05) is 47.5 Å². The fourth-order valence-electron chi connectivity index (χ4n) is 4.37. The maximum absolute atomic E-state index is 13.4. The SMILES string of the molecule is COc1cc(C(=O)N2CCCC[C@@H]2CN)cc(-c2cnn3ccc(-c4ccccc4)nc23)n1. The topological polar surface area (TPSA) is 98.6 Å². The smallest absolute Gasteiger partial charge is 0.254 e. The molecular weight excluding hydrogens is 416 g/mol. The van der Waals surface area contributed by atoms with Gasteiger partial charge in [0, 0.05) is 42.5 Å². The fraction of sp³-hybridized carbons (Fsp3) is 0.280.